The fraction of sp³-hybridized carbons (Fsp3) is 0.962. The minimum absolute atomic E-state index is 0.0242. The highest BCUT2D eigenvalue weighted by Gasteiger charge is 2.67. The van der Waals surface area contributed by atoms with Gasteiger partial charge in [-0.25, -0.2) is 64.2 Å². The summed E-state index contributed by atoms with van der Waals surface area (Å²) in [5.41, 5.74) is -18.2. The van der Waals surface area contributed by atoms with E-state index in [2.05, 4.69) is 73.5 Å². The number of nitriles is 2. The SMILES string of the molecule is CC(CC(C)(C)C)CP(=O)([O-])CC(C)CC(C)(C)C.CC(CC(C)(C)C)OP(=O)([O-])OC(C)CC(C)(C)C.CCOP(=O)([O-])OC.CCP(=O)([O-])CC.COP(=O)([O-])OC.CP(C)(=O)[O-].CS(=O)(=O)C(S(=O)(=O)C(F)(F)F)S(=O)(=O)C(F)(F)F.CS(=O)(=O)[N-]S(=O)(=O)C(F)(F)C(F)(F)F.CS(=O)(=O)[N-]S(=O)(=O)C(F)(F)F.N#CNC#N. The third-order valence-corrected chi connectivity index (χ3v) is 31.2. The van der Waals surface area contributed by atoms with Crippen LogP contribution in [-0.2, 0) is 124 Å². The molecule has 0 spiro atoms. The molecule has 0 radical (unpaired) electrons. The Morgan fingerprint density at radius 2 is 0.672 bits per heavy atom. The molecule has 0 aliphatic carbocycles. The molecular formula is C52H105F14N5O32P6S7-8. The fourth-order valence-electron chi connectivity index (χ4n) is 7.48. The second-order valence-corrected chi connectivity index (χ2v) is 55.1. The van der Waals surface area contributed by atoms with E-state index in [1.165, 1.54) is 29.8 Å². The van der Waals surface area contributed by atoms with E-state index in [0.717, 1.165) is 34.2 Å². The average molecular weight is 1990 g/mol. The Bertz CT molecular complexity index is 3940. The number of rotatable bonds is 27. The summed E-state index contributed by atoms with van der Waals surface area (Å²) in [7, 11) is -59.8. The lowest BCUT2D eigenvalue weighted by atomic mass is 9.86. The molecule has 0 aliphatic heterocycles. The van der Waals surface area contributed by atoms with Crippen molar-refractivity contribution < 1.29 is 204 Å². The number of nitrogens with one attached hydrogen (secondary N) is 1. The van der Waals surface area contributed by atoms with Crippen LogP contribution in [0.3, 0.4) is 0 Å². The summed E-state index contributed by atoms with van der Waals surface area (Å²) in [5.74, 6) is 0.510. The number of halogens is 14. The van der Waals surface area contributed by atoms with Crippen molar-refractivity contribution >= 4 is 115 Å². The highest BCUT2D eigenvalue weighted by atomic mass is 32.3. The predicted molar refractivity (Wildman–Crippen MR) is 391 cm³/mol. The first-order valence-electron chi connectivity index (χ1n) is 31.4. The van der Waals surface area contributed by atoms with Gasteiger partial charge in [0.2, 0.25) is 0 Å². The summed E-state index contributed by atoms with van der Waals surface area (Å²) in [5, 5.41) is 10.5. The molecular weight excluding hydrogens is 1880 g/mol. The van der Waals surface area contributed by atoms with Crippen LogP contribution >= 0.6 is 45.6 Å². The van der Waals surface area contributed by atoms with Gasteiger partial charge in [0, 0.05) is 62.2 Å². The zero-order valence-electron chi connectivity index (χ0n) is 67.9. The van der Waals surface area contributed by atoms with Crippen LogP contribution in [-0.4, -0.2) is 188 Å². The van der Waals surface area contributed by atoms with Crippen molar-refractivity contribution in [2.45, 2.75) is 201 Å². The van der Waals surface area contributed by atoms with Crippen molar-refractivity contribution in [2.75, 3.05) is 84.7 Å². The largest absolute Gasteiger partial charge is 0.800 e. The third kappa shape index (κ3) is 77.1. The summed E-state index contributed by atoms with van der Waals surface area (Å²) in [6.45, 7) is 40.3. The van der Waals surface area contributed by atoms with E-state index in [9.17, 15) is 177 Å². The lowest BCUT2D eigenvalue weighted by molar-refractivity contribution is -0.241. The van der Waals surface area contributed by atoms with Crippen LogP contribution in [0, 0.1) is 56.4 Å². The average Bonchev–Trinajstić information content (AvgIpc) is 0.734. The van der Waals surface area contributed by atoms with Crippen LogP contribution < -0.4 is 34.7 Å². The lowest BCUT2D eigenvalue weighted by Crippen LogP contribution is -2.48. The first-order valence-corrected chi connectivity index (χ1v) is 53.9. The van der Waals surface area contributed by atoms with E-state index >= 15 is 0 Å². The zero-order chi connectivity index (χ0) is 97.0. The van der Waals surface area contributed by atoms with Crippen LogP contribution in [0.4, 0.5) is 61.5 Å². The van der Waals surface area contributed by atoms with Gasteiger partial charge in [0.25, 0.3) is 47.1 Å². The van der Waals surface area contributed by atoms with Crippen LogP contribution in [0.2, 0.25) is 0 Å². The quantitative estimate of drug-likeness (QED) is 0.0345. The molecule has 0 fully saturated rings. The van der Waals surface area contributed by atoms with E-state index in [1.54, 1.807) is 44.1 Å². The molecule has 0 saturated heterocycles. The normalized spacial score (nSPS) is 15.9. The summed E-state index contributed by atoms with van der Waals surface area (Å²) >= 11 is 0. The number of sulfone groups is 3. The van der Waals surface area contributed by atoms with E-state index in [4.69, 9.17) is 19.6 Å². The lowest BCUT2D eigenvalue weighted by Gasteiger charge is -2.33. The number of nitrogens with zero attached hydrogens (tertiary/aromatic N) is 4. The molecule has 0 aromatic carbocycles. The Labute approximate surface area is 671 Å². The number of hydrogen-bond donors (Lipinski definition) is 1. The van der Waals surface area contributed by atoms with E-state index in [1.807, 2.05) is 41.5 Å². The van der Waals surface area contributed by atoms with Crippen molar-refractivity contribution in [3.63, 3.8) is 0 Å². The summed E-state index contributed by atoms with van der Waals surface area (Å²) in [6, 6.07) is 0. The summed E-state index contributed by atoms with van der Waals surface area (Å²) in [6.07, 6.45) is 0.150. The molecule has 0 rings (SSSR count). The standard InChI is InChI=1S/C16H35O2P.C14H31O4P.C4H4F6O6S3.C4H11O2P.C3H3F5NO4S2.C3H9O4P.C2H3F3NO4S2.C2HN3.C2H7O4P.C2H7O2P/c1-13(9-15(3,4)5)11-19(17,18)12-14(2)10-16(6,7)8;1-11(9-13(3,4)5)17-19(15,16)18-12(2)10-14(6,7)8;1-17(11,12)2(18(13,14)3(5,6)7)19(15,16)4(8,9)10;1-3-7(5,6)4-2;1-14(10,11)9-15(12,13)3(7,8)2(4,5)6;1-3-7-8(4,5)6-2;1-11(7,8)6-12(9,10)2(3,4)5;3-1-5-2-4;1-5-7(3,4)6-2;1-5(2,3)4/h13-14H,9-12H2,1-8H3,(H,17,18);11-12H,9-10H2,1-8H3,(H,15,16);2H,1H3;3-4H2,1-2H3,(H,5,6);1H3;3H2,1-2H3,(H,4,5);1H3;5H;1-2H3,(H,3,4);1-2H3,(H,3,4)/q;;;;-1;;-1;;;/p-6. The topological polar surface area (TPSA) is 623 Å². The monoisotopic (exact) mass is 1990 g/mol. The molecule has 0 saturated carbocycles. The Balaban J connectivity index is -0.000000139. The third-order valence-electron chi connectivity index (χ3n) is 10.5. The molecule has 64 heteroatoms. The maximum absolute atomic E-state index is 12.3. The zero-order valence-corrected chi connectivity index (χ0v) is 79.0. The molecule has 0 heterocycles. The van der Waals surface area contributed by atoms with Gasteiger partial charge in [-0.2, -0.15) is 72.0 Å². The predicted octanol–water partition coefficient (Wildman–Crippen LogP) is 10.0. The smallest absolute Gasteiger partial charge is 0.499 e. The van der Waals surface area contributed by atoms with Gasteiger partial charge in [-0.1, -0.05) is 111 Å². The van der Waals surface area contributed by atoms with Gasteiger partial charge in [-0.3, -0.25) is 13.7 Å². The van der Waals surface area contributed by atoms with Crippen LogP contribution in [0.5, 0.6) is 0 Å². The van der Waals surface area contributed by atoms with Crippen molar-refractivity contribution in [1.29, 1.82) is 10.5 Å². The fourth-order valence-corrected chi connectivity index (χ4v) is 22.5. The van der Waals surface area contributed by atoms with Gasteiger partial charge in [-0.05, 0) is 118 Å². The highest BCUT2D eigenvalue weighted by Crippen LogP contribution is 2.47. The molecule has 0 aromatic heterocycles. The number of sulfonamides is 4. The number of alkyl halides is 14. The van der Waals surface area contributed by atoms with Crippen molar-refractivity contribution in [1.82, 2.24) is 5.32 Å². The first kappa shape index (κ1) is 135. The van der Waals surface area contributed by atoms with Gasteiger partial charge in [0.15, 0.2) is 42.3 Å². The van der Waals surface area contributed by atoms with Gasteiger partial charge < -0.3 is 78.5 Å². The molecule has 5 unspecified atom stereocenters. The van der Waals surface area contributed by atoms with E-state index < -0.39 is 147 Å². The van der Waals surface area contributed by atoms with Gasteiger partial charge >= 0.3 is 28.0 Å². The van der Waals surface area contributed by atoms with Gasteiger partial charge in [0.1, 0.15) is 0 Å². The molecule has 708 valence electrons. The molecule has 1 N–H and O–H groups in total. The van der Waals surface area contributed by atoms with E-state index in [-0.39, 0.29) is 71.1 Å². The van der Waals surface area contributed by atoms with E-state index in [0.29, 0.717) is 37.5 Å². The minimum Gasteiger partial charge on any atom is -0.800 e. The Morgan fingerprint density at radius 1 is 0.422 bits per heavy atom. The first-order chi connectivity index (χ1) is 49.7. The molecule has 5 atom stereocenters. The molecule has 0 aliphatic rings. The molecule has 116 heavy (non-hydrogen) atoms. The van der Waals surface area contributed by atoms with Crippen LogP contribution in [0.25, 0.3) is 8.25 Å². The van der Waals surface area contributed by atoms with Crippen molar-refractivity contribution in [2.24, 2.45) is 33.5 Å². The number of hydrogen-bond acceptors (Lipinski definition) is 35. The van der Waals surface area contributed by atoms with Gasteiger partial charge in [0.05, 0.1) is 38.9 Å². The Hall–Kier alpha value is -1.73. The second kappa shape index (κ2) is 52.3. The van der Waals surface area contributed by atoms with Crippen LogP contribution in [0.1, 0.15) is 157 Å². The molecule has 0 aromatic rings. The molecule has 0 bridgehead atoms. The Morgan fingerprint density at radius 3 is 0.802 bits per heavy atom. The summed E-state index contributed by atoms with van der Waals surface area (Å²) < 4.78 is 399. The molecule has 0 amide bonds. The maximum Gasteiger partial charge on any atom is 0.499 e. The second-order valence-electron chi connectivity index (χ2n) is 28.8. The maximum atomic E-state index is 12.3. The number of phosphoric ester groups is 3. The Kier molecular flexibility index (Phi) is 60.8. The number of phosphoric acid groups is 3. The van der Waals surface area contributed by atoms with Gasteiger partial charge in [-0.15, -0.1) is 0 Å². The van der Waals surface area contributed by atoms with Crippen LogP contribution in [0.15, 0.2) is 0 Å². The van der Waals surface area contributed by atoms with Crippen molar-refractivity contribution in [3.05, 3.63) is 8.25 Å². The highest BCUT2D eigenvalue weighted by molar-refractivity contribution is 8.24. The minimum atomic E-state index is -7.13. The van der Waals surface area contributed by atoms with Crippen molar-refractivity contribution in [3.8, 4) is 12.4 Å². The summed E-state index contributed by atoms with van der Waals surface area (Å²) in [4.78, 5) is 64.2. The molecule has 37 nitrogen and oxygen atoms in total.